The summed E-state index contributed by atoms with van der Waals surface area (Å²) in [6.45, 7) is 0. The molecule has 0 spiro atoms. The third-order valence-corrected chi connectivity index (χ3v) is 4.59. The molecule has 0 aliphatic rings. The van der Waals surface area contributed by atoms with Gasteiger partial charge in [-0.1, -0.05) is 18.2 Å². The van der Waals surface area contributed by atoms with Gasteiger partial charge in [0.2, 0.25) is 0 Å². The fourth-order valence-electron chi connectivity index (χ4n) is 0.985. The second-order valence-corrected chi connectivity index (χ2v) is 6.91. The first-order valence-electron chi connectivity index (χ1n) is 4.14. The summed E-state index contributed by atoms with van der Waals surface area (Å²) in [5.41, 5.74) is 0. The molecule has 15 heavy (non-hydrogen) atoms. The van der Waals surface area contributed by atoms with Crippen LogP contribution in [0.2, 0.25) is 0 Å². The molecular formula is C8H11O5PS. The predicted molar refractivity (Wildman–Crippen MR) is 55.4 cm³/mol. The van der Waals surface area contributed by atoms with E-state index in [-0.39, 0.29) is 4.90 Å². The lowest BCUT2D eigenvalue weighted by Crippen LogP contribution is -2.10. The zero-order valence-electron chi connectivity index (χ0n) is 7.78. The maximum absolute atomic E-state index is 11.5. The van der Waals surface area contributed by atoms with Crippen LogP contribution in [0.1, 0.15) is 0 Å². The molecule has 5 nitrogen and oxygen atoms in total. The largest absolute Gasteiger partial charge is 0.326 e. The molecule has 2 N–H and O–H groups in total. The van der Waals surface area contributed by atoms with Crippen molar-refractivity contribution in [3.8, 4) is 0 Å². The molecule has 0 amide bonds. The number of benzene rings is 1. The molecule has 0 radical (unpaired) electrons. The van der Waals surface area contributed by atoms with Gasteiger partial charge in [-0.05, 0) is 12.1 Å². The Balaban J connectivity index is 2.82. The van der Waals surface area contributed by atoms with Crippen molar-refractivity contribution < 1.29 is 22.8 Å². The van der Waals surface area contributed by atoms with Crippen molar-refractivity contribution in [2.45, 2.75) is 4.90 Å². The van der Waals surface area contributed by atoms with Gasteiger partial charge in [-0.15, -0.1) is 0 Å². The molecule has 84 valence electrons. The van der Waals surface area contributed by atoms with E-state index in [1.54, 1.807) is 18.2 Å². The highest BCUT2D eigenvalue weighted by atomic mass is 32.2. The minimum atomic E-state index is -4.26. The zero-order chi connectivity index (χ0) is 11.5. The van der Waals surface area contributed by atoms with Crippen molar-refractivity contribution in [2.75, 3.05) is 11.9 Å². The van der Waals surface area contributed by atoms with Crippen LogP contribution >= 0.6 is 7.60 Å². The third-order valence-electron chi connectivity index (χ3n) is 1.75. The zero-order valence-corrected chi connectivity index (χ0v) is 9.49. The van der Waals surface area contributed by atoms with E-state index in [1.807, 2.05) is 0 Å². The van der Waals surface area contributed by atoms with Gasteiger partial charge in [0.05, 0.1) is 16.8 Å². The number of sulfone groups is 1. The number of hydrogen-bond acceptors (Lipinski definition) is 3. The molecule has 1 rings (SSSR count). The fraction of sp³-hybridized carbons (Fsp3) is 0.250. The quantitative estimate of drug-likeness (QED) is 0.765. The molecule has 0 heterocycles. The van der Waals surface area contributed by atoms with Gasteiger partial charge in [0, 0.05) is 0 Å². The lowest BCUT2D eigenvalue weighted by Gasteiger charge is -2.05. The van der Waals surface area contributed by atoms with Crippen molar-refractivity contribution in [1.82, 2.24) is 0 Å². The smallest absolute Gasteiger partial charge is 0.324 e. The monoisotopic (exact) mass is 250 g/mol. The van der Waals surface area contributed by atoms with E-state index >= 15 is 0 Å². The molecule has 1 aromatic rings. The maximum Gasteiger partial charge on any atom is 0.326 e. The summed E-state index contributed by atoms with van der Waals surface area (Å²) >= 11 is 0. The Hall–Kier alpha value is -0.680. The Labute approximate surface area is 87.8 Å². The van der Waals surface area contributed by atoms with Crippen molar-refractivity contribution in [1.29, 1.82) is 0 Å². The fourth-order valence-corrected chi connectivity index (χ4v) is 3.71. The van der Waals surface area contributed by atoms with E-state index in [2.05, 4.69) is 0 Å². The second-order valence-electron chi connectivity index (χ2n) is 3.02. The van der Waals surface area contributed by atoms with Gasteiger partial charge < -0.3 is 9.79 Å². The minimum absolute atomic E-state index is 0.0819. The van der Waals surface area contributed by atoms with E-state index in [4.69, 9.17) is 9.79 Å². The van der Waals surface area contributed by atoms with Crippen LogP contribution in [0.25, 0.3) is 0 Å². The number of hydrogen-bond donors (Lipinski definition) is 2. The molecule has 0 saturated carbocycles. The lowest BCUT2D eigenvalue weighted by atomic mass is 10.4. The molecule has 0 fully saturated rings. The standard InChI is InChI=1S/C8H11O5PS/c9-14(10,11)6-7-15(12,13)8-4-2-1-3-5-8/h1-5H,6-7H2,(H2,9,10,11). The highest BCUT2D eigenvalue weighted by Gasteiger charge is 2.20. The van der Waals surface area contributed by atoms with Crippen LogP contribution in [0.3, 0.4) is 0 Å². The first-order valence-corrected chi connectivity index (χ1v) is 7.59. The van der Waals surface area contributed by atoms with Crippen molar-refractivity contribution in [3.05, 3.63) is 30.3 Å². The first kappa shape index (κ1) is 12.4. The average Bonchev–Trinajstić information content (AvgIpc) is 2.16. The van der Waals surface area contributed by atoms with Crippen molar-refractivity contribution >= 4 is 17.4 Å². The minimum Gasteiger partial charge on any atom is -0.324 e. The summed E-state index contributed by atoms with van der Waals surface area (Å²) in [5, 5.41) is 0. The summed E-state index contributed by atoms with van der Waals surface area (Å²) in [5.74, 6) is -0.540. The van der Waals surface area contributed by atoms with Gasteiger partial charge >= 0.3 is 7.60 Å². The van der Waals surface area contributed by atoms with Crippen LogP contribution in [0.15, 0.2) is 35.2 Å². The van der Waals surface area contributed by atoms with E-state index in [9.17, 15) is 13.0 Å². The molecule has 0 saturated heterocycles. The summed E-state index contributed by atoms with van der Waals surface area (Å²) in [7, 11) is -7.85. The van der Waals surface area contributed by atoms with Crippen LogP contribution in [0.4, 0.5) is 0 Å². The van der Waals surface area contributed by atoms with Crippen LogP contribution < -0.4 is 0 Å². The van der Waals surface area contributed by atoms with Gasteiger partial charge in [0.25, 0.3) is 0 Å². The Morgan fingerprint density at radius 2 is 1.67 bits per heavy atom. The second kappa shape index (κ2) is 4.45. The van der Waals surface area contributed by atoms with Crippen molar-refractivity contribution in [2.24, 2.45) is 0 Å². The molecule has 1 aromatic carbocycles. The van der Waals surface area contributed by atoms with Gasteiger partial charge in [-0.2, -0.15) is 0 Å². The van der Waals surface area contributed by atoms with Gasteiger partial charge in [0.1, 0.15) is 0 Å². The third kappa shape index (κ3) is 4.13. The average molecular weight is 250 g/mol. The Morgan fingerprint density at radius 3 is 2.13 bits per heavy atom. The molecule has 0 atom stereocenters. The number of rotatable bonds is 4. The SMILES string of the molecule is O=P(O)(O)CCS(=O)(=O)c1ccccc1. The van der Waals surface area contributed by atoms with Crippen LogP contribution in [-0.2, 0) is 14.4 Å². The van der Waals surface area contributed by atoms with E-state index in [0.29, 0.717) is 0 Å². The molecule has 0 aromatic heterocycles. The van der Waals surface area contributed by atoms with Crippen LogP contribution in [0.5, 0.6) is 0 Å². The van der Waals surface area contributed by atoms with Crippen molar-refractivity contribution in [3.63, 3.8) is 0 Å². The Morgan fingerprint density at radius 1 is 1.13 bits per heavy atom. The summed E-state index contributed by atoms with van der Waals surface area (Å²) in [6.07, 6.45) is -0.649. The topological polar surface area (TPSA) is 91.7 Å². The summed E-state index contributed by atoms with van der Waals surface area (Å²) in [6, 6.07) is 7.58. The molecule has 0 bridgehead atoms. The van der Waals surface area contributed by atoms with E-state index < -0.39 is 29.3 Å². The predicted octanol–water partition coefficient (Wildman–Crippen LogP) is 0.638. The molecule has 0 unspecified atom stereocenters. The Bertz CT molecular complexity index is 461. The van der Waals surface area contributed by atoms with Crippen LogP contribution in [0, 0.1) is 0 Å². The summed E-state index contributed by atoms with van der Waals surface area (Å²) in [4.78, 5) is 17.2. The molecule has 0 aliphatic heterocycles. The van der Waals surface area contributed by atoms with Crippen LogP contribution in [-0.4, -0.2) is 30.1 Å². The maximum atomic E-state index is 11.5. The summed E-state index contributed by atoms with van der Waals surface area (Å²) < 4.78 is 33.6. The molecule has 7 heteroatoms. The van der Waals surface area contributed by atoms with E-state index in [1.165, 1.54) is 12.1 Å². The van der Waals surface area contributed by atoms with Gasteiger partial charge in [0.15, 0.2) is 9.84 Å². The molecule has 0 aliphatic carbocycles. The van der Waals surface area contributed by atoms with E-state index in [0.717, 1.165) is 0 Å². The highest BCUT2D eigenvalue weighted by Crippen LogP contribution is 2.34. The Kier molecular flexibility index (Phi) is 3.67. The lowest BCUT2D eigenvalue weighted by molar-refractivity contribution is 0.374. The van der Waals surface area contributed by atoms with Gasteiger partial charge in [-0.25, -0.2) is 8.42 Å². The highest BCUT2D eigenvalue weighted by molar-refractivity contribution is 7.91. The molecular weight excluding hydrogens is 239 g/mol. The normalized spacial score (nSPS) is 12.7. The first-order chi connectivity index (χ1) is 6.81. The van der Waals surface area contributed by atoms with Gasteiger partial charge in [-0.3, -0.25) is 4.57 Å².